The molecule has 0 amide bonds. The number of rotatable bonds is 9. The van der Waals surface area contributed by atoms with Gasteiger partial charge in [0.1, 0.15) is 25.7 Å². The summed E-state index contributed by atoms with van der Waals surface area (Å²) in [6.07, 6.45) is 4.11. The summed E-state index contributed by atoms with van der Waals surface area (Å²) in [6, 6.07) is 28.8. The molecule has 0 saturated heterocycles. The SMILES string of the molecule is Cc1cc(F)c(NS(=O)(=O)c2c[nH]c3cc(Cl)ccc23)nc1F.N#Cc1ccc(NS(=O)(=O)c2c[nH]c3cc(Cl)ccc23)cc1.O=S(=O)(Nc1cccc2nsnc12)c1c[nH]c2cc(Cl)ccc12. The Morgan fingerprint density at radius 1 is 0.618 bits per heavy atom. The molecule has 346 valence electrons. The molecule has 0 atom stereocenters. The highest BCUT2D eigenvalue weighted by Gasteiger charge is 2.24. The van der Waals surface area contributed by atoms with Gasteiger partial charge in [0.25, 0.3) is 30.1 Å². The van der Waals surface area contributed by atoms with Crippen molar-refractivity contribution < 1.29 is 34.0 Å². The van der Waals surface area contributed by atoms with E-state index in [-0.39, 0.29) is 20.2 Å². The minimum Gasteiger partial charge on any atom is -0.360 e. The van der Waals surface area contributed by atoms with E-state index in [1.54, 1.807) is 84.9 Å². The van der Waals surface area contributed by atoms with E-state index >= 15 is 0 Å². The third-order valence-electron chi connectivity index (χ3n) is 9.82. The molecule has 0 aliphatic heterocycles. The second kappa shape index (κ2) is 19.0. The number of nitrogens with one attached hydrogen (secondary N) is 6. The Labute approximate surface area is 404 Å². The maximum Gasteiger partial charge on any atom is 0.265 e. The summed E-state index contributed by atoms with van der Waals surface area (Å²) in [5, 5.41) is 11.8. The maximum atomic E-state index is 13.8. The average Bonchev–Trinajstić information content (AvgIpc) is 4.12. The molecule has 5 aromatic heterocycles. The maximum absolute atomic E-state index is 13.8. The lowest BCUT2D eigenvalue weighted by atomic mass is 10.2. The minimum absolute atomic E-state index is 0.0211. The van der Waals surface area contributed by atoms with Gasteiger partial charge in [-0.3, -0.25) is 14.2 Å². The molecule has 0 unspecified atom stereocenters. The second-order valence-electron chi connectivity index (χ2n) is 14.4. The van der Waals surface area contributed by atoms with Crippen molar-refractivity contribution in [1.82, 2.24) is 28.7 Å². The topological polar surface area (TPSA) is 248 Å². The van der Waals surface area contributed by atoms with Crippen LogP contribution in [0.1, 0.15) is 11.1 Å². The van der Waals surface area contributed by atoms with Gasteiger partial charge in [-0.1, -0.05) is 40.9 Å². The number of aryl methyl sites for hydroxylation is 1. The number of hydrogen-bond acceptors (Lipinski definition) is 11. The van der Waals surface area contributed by atoms with Crippen molar-refractivity contribution in [3.05, 3.63) is 160 Å². The van der Waals surface area contributed by atoms with Crippen LogP contribution in [0.15, 0.2) is 136 Å². The van der Waals surface area contributed by atoms with Crippen LogP contribution in [-0.4, -0.2) is 53.9 Å². The Morgan fingerprint density at radius 2 is 1.10 bits per heavy atom. The zero-order valence-electron chi connectivity index (χ0n) is 34.3. The lowest BCUT2D eigenvalue weighted by molar-refractivity contribution is 0.555. The monoisotopic (exact) mass is 1050 g/mol. The lowest BCUT2D eigenvalue weighted by Gasteiger charge is -2.08. The quantitative estimate of drug-likeness (QED) is 0.0746. The summed E-state index contributed by atoms with van der Waals surface area (Å²) in [6.45, 7) is 1.33. The number of pyridine rings is 1. The molecule has 10 aromatic rings. The fraction of sp³-hybridized carbons (Fsp3) is 0.0233. The summed E-state index contributed by atoms with van der Waals surface area (Å²) >= 11 is 18.7. The van der Waals surface area contributed by atoms with Crippen molar-refractivity contribution in [2.45, 2.75) is 21.6 Å². The molecule has 16 nitrogen and oxygen atoms in total. The van der Waals surface area contributed by atoms with E-state index in [1.165, 1.54) is 37.6 Å². The van der Waals surface area contributed by atoms with Crippen molar-refractivity contribution in [3.8, 4) is 6.07 Å². The van der Waals surface area contributed by atoms with Crippen LogP contribution in [0.25, 0.3) is 43.7 Å². The van der Waals surface area contributed by atoms with Gasteiger partial charge in [0.15, 0.2) is 11.6 Å². The van der Waals surface area contributed by atoms with Crippen molar-refractivity contribution in [3.63, 3.8) is 0 Å². The van der Waals surface area contributed by atoms with Crippen LogP contribution < -0.4 is 14.2 Å². The van der Waals surface area contributed by atoms with E-state index in [0.29, 0.717) is 75.7 Å². The van der Waals surface area contributed by atoms with E-state index in [2.05, 4.69) is 38.1 Å². The molecule has 68 heavy (non-hydrogen) atoms. The van der Waals surface area contributed by atoms with Crippen LogP contribution >= 0.6 is 46.5 Å². The molecule has 5 aromatic carbocycles. The summed E-state index contributed by atoms with van der Waals surface area (Å²) in [4.78, 5) is 12.1. The highest BCUT2D eigenvalue weighted by atomic mass is 35.5. The predicted molar refractivity (Wildman–Crippen MR) is 260 cm³/mol. The van der Waals surface area contributed by atoms with Gasteiger partial charge < -0.3 is 15.0 Å². The second-order valence-corrected chi connectivity index (χ2v) is 21.2. The molecular formula is C43H29Cl3F2N10O6S4. The standard InChI is InChI=1S/C15H10ClN3O2S.C14H10ClF2N3O2S.C14H9ClN4O2S2/c16-11-3-6-13-14(7-11)18-9-15(13)22(20,21)19-12-4-1-10(8-17)2-5-12;1-7-4-10(16)14(19-13(7)17)20-23(21,22)12-6-18-11-5-8(15)2-3-9(11)12;15-8-4-5-9-12(6-8)16-7-13(9)23(20,21)19-11-3-1-2-10-14(11)18-22-17-10/h1-7,9,18-19H;2-6,18H,1H3,(H,19,20);1-7,16,19H. The smallest absolute Gasteiger partial charge is 0.265 e. The normalized spacial score (nSPS) is 11.7. The van der Waals surface area contributed by atoms with Crippen molar-refractivity contribution >= 4 is 138 Å². The van der Waals surface area contributed by atoms with Crippen LogP contribution in [-0.2, 0) is 30.1 Å². The molecule has 6 N–H and O–H groups in total. The fourth-order valence-corrected chi connectivity index (χ4v) is 11.3. The van der Waals surface area contributed by atoms with E-state index in [0.717, 1.165) is 17.8 Å². The van der Waals surface area contributed by atoms with Crippen LogP contribution in [0.2, 0.25) is 15.1 Å². The van der Waals surface area contributed by atoms with Gasteiger partial charge in [0.05, 0.1) is 29.0 Å². The van der Waals surface area contributed by atoms with Gasteiger partial charge in [-0.05, 0) is 104 Å². The minimum atomic E-state index is -4.16. The van der Waals surface area contributed by atoms with Gasteiger partial charge in [0, 0.05) is 77.6 Å². The first-order valence-corrected chi connectivity index (χ1v) is 25.6. The van der Waals surface area contributed by atoms with Gasteiger partial charge in [-0.25, -0.2) is 29.6 Å². The third kappa shape index (κ3) is 10.2. The number of H-pyrrole nitrogens is 3. The number of anilines is 3. The Kier molecular flexibility index (Phi) is 13.3. The summed E-state index contributed by atoms with van der Waals surface area (Å²) in [5.74, 6) is -2.61. The van der Waals surface area contributed by atoms with Crippen LogP contribution in [0.4, 0.5) is 26.0 Å². The molecule has 0 fully saturated rings. The lowest BCUT2D eigenvalue weighted by Crippen LogP contribution is -2.15. The number of aromatic amines is 3. The molecule has 10 rings (SSSR count). The first-order valence-electron chi connectivity index (χ1n) is 19.2. The number of nitriles is 1. The number of fused-ring (bicyclic) bond motifs is 4. The zero-order valence-corrected chi connectivity index (χ0v) is 39.8. The highest BCUT2D eigenvalue weighted by molar-refractivity contribution is 7.93. The molecule has 5 heterocycles. The van der Waals surface area contributed by atoms with E-state index in [1.807, 2.05) is 10.8 Å². The van der Waals surface area contributed by atoms with E-state index in [4.69, 9.17) is 40.1 Å². The molecule has 0 spiro atoms. The predicted octanol–water partition coefficient (Wildman–Crippen LogP) is 10.7. The average molecular weight is 1050 g/mol. The molecule has 0 aliphatic carbocycles. The van der Waals surface area contributed by atoms with Gasteiger partial charge in [-0.15, -0.1) is 0 Å². The van der Waals surface area contributed by atoms with Crippen LogP contribution in [0.3, 0.4) is 0 Å². The highest BCUT2D eigenvalue weighted by Crippen LogP contribution is 2.31. The van der Waals surface area contributed by atoms with E-state index < -0.39 is 47.7 Å². The largest absolute Gasteiger partial charge is 0.360 e. The molecule has 25 heteroatoms. The fourth-order valence-electron chi connectivity index (χ4n) is 6.61. The first kappa shape index (κ1) is 47.6. The van der Waals surface area contributed by atoms with E-state index in [9.17, 15) is 34.0 Å². The Hall–Kier alpha value is -6.84. The number of halogens is 5. The Bertz CT molecular complexity index is 3950. The molecule has 0 aliphatic rings. The van der Waals surface area contributed by atoms with Crippen molar-refractivity contribution in [2.24, 2.45) is 0 Å². The Balaban J connectivity index is 0.000000138. The first-order chi connectivity index (χ1) is 32.3. The van der Waals surface area contributed by atoms with Gasteiger partial charge >= 0.3 is 0 Å². The third-order valence-corrected chi connectivity index (χ3v) is 15.3. The van der Waals surface area contributed by atoms with Crippen LogP contribution in [0, 0.1) is 30.0 Å². The van der Waals surface area contributed by atoms with Gasteiger partial charge in [-0.2, -0.15) is 23.4 Å². The number of nitrogens with zero attached hydrogens (tertiary/aromatic N) is 4. The summed E-state index contributed by atoms with van der Waals surface area (Å²) < 4.78 is 118. The van der Waals surface area contributed by atoms with Gasteiger partial charge in [0.2, 0.25) is 5.95 Å². The molecule has 0 radical (unpaired) electrons. The molecule has 0 saturated carbocycles. The summed E-state index contributed by atoms with van der Waals surface area (Å²) in [7, 11) is -11.7. The number of benzene rings is 5. The Morgan fingerprint density at radius 3 is 1.60 bits per heavy atom. The van der Waals surface area contributed by atoms with Crippen molar-refractivity contribution in [2.75, 3.05) is 14.2 Å². The number of sulfonamides is 3. The molecular weight excluding hydrogens is 1030 g/mol. The number of aromatic nitrogens is 6. The summed E-state index contributed by atoms with van der Waals surface area (Å²) in [5.41, 5.74) is 4.23. The zero-order chi connectivity index (χ0) is 48.5. The number of hydrogen-bond donors (Lipinski definition) is 6. The molecule has 0 bridgehead atoms. The van der Waals surface area contributed by atoms with Crippen LogP contribution in [0.5, 0.6) is 0 Å². The van der Waals surface area contributed by atoms with Crippen molar-refractivity contribution in [1.29, 1.82) is 5.26 Å².